The summed E-state index contributed by atoms with van der Waals surface area (Å²) < 4.78 is 11.6. The highest BCUT2D eigenvalue weighted by Gasteiger charge is 2.24. The molecule has 0 aromatic heterocycles. The van der Waals surface area contributed by atoms with Crippen LogP contribution in [0.2, 0.25) is 0 Å². The number of rotatable bonds is 5. The quantitative estimate of drug-likeness (QED) is 0.782. The van der Waals surface area contributed by atoms with Crippen LogP contribution in [0.15, 0.2) is 35.2 Å². The van der Waals surface area contributed by atoms with E-state index in [0.29, 0.717) is 24.4 Å². The van der Waals surface area contributed by atoms with Crippen LogP contribution in [-0.4, -0.2) is 29.8 Å². The van der Waals surface area contributed by atoms with Crippen LogP contribution in [0.1, 0.15) is 42.3 Å². The first-order valence-electron chi connectivity index (χ1n) is 9.79. The van der Waals surface area contributed by atoms with E-state index in [-0.39, 0.29) is 23.2 Å². The molecule has 2 heterocycles. The SMILES string of the molecule is CCOc1cc2c(cc1CNC(=O)c1ccc3c(c1)NC(=O)[C@H](C)S3)O[C@H](C)C2. The second-order valence-electron chi connectivity index (χ2n) is 7.28. The van der Waals surface area contributed by atoms with E-state index in [0.717, 1.165) is 33.9 Å². The Balaban J connectivity index is 1.50. The van der Waals surface area contributed by atoms with Gasteiger partial charge in [0.2, 0.25) is 5.91 Å². The highest BCUT2D eigenvalue weighted by atomic mass is 32.2. The number of amides is 2. The summed E-state index contributed by atoms with van der Waals surface area (Å²) in [4.78, 5) is 25.6. The van der Waals surface area contributed by atoms with E-state index in [1.165, 1.54) is 11.8 Å². The number of hydrogen-bond donors (Lipinski definition) is 2. The van der Waals surface area contributed by atoms with Gasteiger partial charge in [-0.1, -0.05) is 0 Å². The molecule has 2 atom stereocenters. The summed E-state index contributed by atoms with van der Waals surface area (Å²) in [5.74, 6) is 1.37. The minimum Gasteiger partial charge on any atom is -0.494 e. The second kappa shape index (κ2) is 7.99. The molecule has 0 radical (unpaired) electrons. The number of ether oxygens (including phenoxy) is 2. The van der Waals surface area contributed by atoms with Gasteiger partial charge in [-0.05, 0) is 51.1 Å². The molecule has 2 amide bonds. The van der Waals surface area contributed by atoms with Gasteiger partial charge < -0.3 is 20.1 Å². The molecule has 0 saturated heterocycles. The third-order valence-electron chi connectivity index (χ3n) is 4.99. The molecule has 0 aliphatic carbocycles. The lowest BCUT2D eigenvalue weighted by Crippen LogP contribution is -2.27. The van der Waals surface area contributed by atoms with Crippen molar-refractivity contribution in [2.45, 2.75) is 50.0 Å². The highest BCUT2D eigenvalue weighted by molar-refractivity contribution is 8.00. The normalized spacial score (nSPS) is 19.6. The van der Waals surface area contributed by atoms with Crippen LogP contribution < -0.4 is 20.1 Å². The Kier molecular flexibility index (Phi) is 5.41. The van der Waals surface area contributed by atoms with Gasteiger partial charge in [0.15, 0.2) is 0 Å². The summed E-state index contributed by atoms with van der Waals surface area (Å²) >= 11 is 1.50. The fraction of sp³-hybridized carbons (Fsp3) is 0.364. The second-order valence-corrected chi connectivity index (χ2v) is 8.66. The van der Waals surface area contributed by atoms with Crippen LogP contribution >= 0.6 is 11.8 Å². The zero-order valence-corrected chi connectivity index (χ0v) is 17.5. The molecule has 0 spiro atoms. The predicted molar refractivity (Wildman–Crippen MR) is 113 cm³/mol. The first-order valence-corrected chi connectivity index (χ1v) is 10.7. The Morgan fingerprint density at radius 3 is 2.93 bits per heavy atom. The van der Waals surface area contributed by atoms with E-state index >= 15 is 0 Å². The molecule has 4 rings (SSSR count). The van der Waals surface area contributed by atoms with Gasteiger partial charge in [-0.15, -0.1) is 11.8 Å². The van der Waals surface area contributed by atoms with Crippen LogP contribution in [-0.2, 0) is 17.8 Å². The van der Waals surface area contributed by atoms with E-state index in [1.807, 2.05) is 39.0 Å². The molecule has 0 saturated carbocycles. The van der Waals surface area contributed by atoms with E-state index in [1.54, 1.807) is 12.1 Å². The molecule has 2 aromatic rings. The molecule has 6 nitrogen and oxygen atoms in total. The molecule has 152 valence electrons. The van der Waals surface area contributed by atoms with Crippen LogP contribution in [0.5, 0.6) is 11.5 Å². The Hall–Kier alpha value is -2.67. The Bertz CT molecular complexity index is 976. The fourth-order valence-electron chi connectivity index (χ4n) is 3.54. The van der Waals surface area contributed by atoms with Crippen molar-refractivity contribution in [1.82, 2.24) is 5.32 Å². The zero-order valence-electron chi connectivity index (χ0n) is 16.7. The van der Waals surface area contributed by atoms with Crippen LogP contribution in [0.25, 0.3) is 0 Å². The maximum absolute atomic E-state index is 12.7. The molecule has 0 bridgehead atoms. The molecule has 2 aliphatic heterocycles. The highest BCUT2D eigenvalue weighted by Crippen LogP contribution is 2.37. The zero-order chi connectivity index (χ0) is 20.5. The third-order valence-corrected chi connectivity index (χ3v) is 6.17. The minimum absolute atomic E-state index is 0.0474. The summed E-state index contributed by atoms with van der Waals surface area (Å²) in [6.45, 7) is 6.72. The minimum atomic E-state index is -0.206. The molecule has 0 unspecified atom stereocenters. The van der Waals surface area contributed by atoms with Crippen LogP contribution in [0.4, 0.5) is 5.69 Å². The van der Waals surface area contributed by atoms with Crippen molar-refractivity contribution in [2.75, 3.05) is 11.9 Å². The van der Waals surface area contributed by atoms with Gasteiger partial charge in [0.25, 0.3) is 5.91 Å². The Morgan fingerprint density at radius 2 is 2.14 bits per heavy atom. The van der Waals surface area contributed by atoms with E-state index in [9.17, 15) is 9.59 Å². The third kappa shape index (κ3) is 4.05. The van der Waals surface area contributed by atoms with Crippen molar-refractivity contribution >= 4 is 29.3 Å². The number of benzene rings is 2. The number of fused-ring (bicyclic) bond motifs is 2. The van der Waals surface area contributed by atoms with Gasteiger partial charge in [-0.3, -0.25) is 9.59 Å². The number of thioether (sulfide) groups is 1. The van der Waals surface area contributed by atoms with E-state index in [4.69, 9.17) is 9.47 Å². The molecule has 7 heteroatoms. The van der Waals surface area contributed by atoms with Crippen LogP contribution in [0, 0.1) is 0 Å². The fourth-order valence-corrected chi connectivity index (χ4v) is 4.47. The van der Waals surface area contributed by atoms with Crippen molar-refractivity contribution in [3.8, 4) is 11.5 Å². The van der Waals surface area contributed by atoms with Crippen molar-refractivity contribution in [3.05, 3.63) is 47.0 Å². The van der Waals surface area contributed by atoms with Gasteiger partial charge in [-0.25, -0.2) is 0 Å². The maximum Gasteiger partial charge on any atom is 0.251 e. The first-order chi connectivity index (χ1) is 13.9. The largest absolute Gasteiger partial charge is 0.494 e. The lowest BCUT2D eigenvalue weighted by molar-refractivity contribution is -0.115. The smallest absolute Gasteiger partial charge is 0.251 e. The van der Waals surface area contributed by atoms with Crippen LogP contribution in [0.3, 0.4) is 0 Å². The molecular weight excluding hydrogens is 388 g/mol. The Morgan fingerprint density at radius 1 is 1.31 bits per heavy atom. The molecular formula is C22H24N2O4S. The summed E-state index contributed by atoms with van der Waals surface area (Å²) in [6, 6.07) is 9.34. The number of hydrogen-bond acceptors (Lipinski definition) is 5. The van der Waals surface area contributed by atoms with Gasteiger partial charge in [0.05, 0.1) is 17.5 Å². The van der Waals surface area contributed by atoms with Gasteiger partial charge in [-0.2, -0.15) is 0 Å². The predicted octanol–water partition coefficient (Wildman–Crippen LogP) is 3.77. The number of nitrogens with one attached hydrogen (secondary N) is 2. The first kappa shape index (κ1) is 19.6. The van der Waals surface area contributed by atoms with E-state index in [2.05, 4.69) is 10.6 Å². The summed E-state index contributed by atoms with van der Waals surface area (Å²) in [7, 11) is 0. The lowest BCUT2D eigenvalue weighted by Gasteiger charge is -2.21. The topological polar surface area (TPSA) is 76.7 Å². The molecule has 2 aliphatic rings. The number of carbonyl (C=O) groups is 2. The van der Waals surface area contributed by atoms with Gasteiger partial charge in [0, 0.05) is 34.6 Å². The number of carbonyl (C=O) groups excluding carboxylic acids is 2. The Labute approximate surface area is 174 Å². The number of anilines is 1. The van der Waals surface area contributed by atoms with E-state index < -0.39 is 0 Å². The molecule has 2 N–H and O–H groups in total. The van der Waals surface area contributed by atoms with Crippen molar-refractivity contribution in [3.63, 3.8) is 0 Å². The summed E-state index contributed by atoms with van der Waals surface area (Å²) in [5, 5.41) is 5.67. The van der Waals surface area contributed by atoms with Gasteiger partial charge in [0.1, 0.15) is 17.6 Å². The molecule has 2 aromatic carbocycles. The van der Waals surface area contributed by atoms with Gasteiger partial charge >= 0.3 is 0 Å². The molecule has 29 heavy (non-hydrogen) atoms. The van der Waals surface area contributed by atoms with Crippen molar-refractivity contribution < 1.29 is 19.1 Å². The van der Waals surface area contributed by atoms with Crippen molar-refractivity contribution in [2.24, 2.45) is 0 Å². The van der Waals surface area contributed by atoms with Crippen molar-refractivity contribution in [1.29, 1.82) is 0 Å². The maximum atomic E-state index is 12.7. The average molecular weight is 413 g/mol. The standard InChI is InChI=1S/C22H24N2O4S/c1-4-27-18-9-15-7-12(2)28-19(15)10-16(18)11-23-22(26)14-5-6-20-17(8-14)24-21(25)13(3)29-20/h5-6,8-10,12-13H,4,7,11H2,1-3H3,(H,23,26)(H,24,25)/t12-,13+/m1/s1. The monoisotopic (exact) mass is 412 g/mol. The molecule has 0 fully saturated rings. The average Bonchev–Trinajstić information content (AvgIpc) is 3.05. The summed E-state index contributed by atoms with van der Waals surface area (Å²) in [6.07, 6.45) is 1.01. The lowest BCUT2D eigenvalue weighted by atomic mass is 10.1. The summed E-state index contributed by atoms with van der Waals surface area (Å²) in [5.41, 5.74) is 3.20.